The van der Waals surface area contributed by atoms with Gasteiger partial charge in [-0.25, -0.2) is 5.48 Å². The maximum Gasteiger partial charge on any atom is 0.274 e. The maximum atomic E-state index is 12.1. The van der Waals surface area contributed by atoms with Crippen LogP contribution in [0.3, 0.4) is 0 Å². The summed E-state index contributed by atoms with van der Waals surface area (Å²) >= 11 is 0. The number of hydrogen-bond donors (Lipinski definition) is 5. The molecule has 0 aromatic heterocycles. The predicted molar refractivity (Wildman–Crippen MR) is 333 cm³/mol. The third-order valence-corrected chi connectivity index (χ3v) is 16.5. The summed E-state index contributed by atoms with van der Waals surface area (Å²) in [5.41, 5.74) is 17.9. The zero-order valence-electron chi connectivity index (χ0n) is 50.6. The van der Waals surface area contributed by atoms with Crippen LogP contribution in [-0.2, 0) is 34.7 Å². The summed E-state index contributed by atoms with van der Waals surface area (Å²) in [5, 5.41) is 34.2. The standard InChI is InChI=1S/C36H45N3O2.C34H41N3O3/c1-9-37-34(41)27-15-10-25(11-16-27)14-19-32(40)28-22-30-33(36(4,5)21-20-35(30,2)3)31(23-28)39(8)24-26-12-17-29(18-13-26)38(6)7;1-33(2)18-19-34(3,4)31-28(33)20-26(30(38)17-12-23-8-13-25(14-9-23)32(39)35-40)21-29(31)37(7)22-24-10-15-27(16-11-24)36(5)6/h10-13,15-18,22-23,32,40H,9,20-21,24H2,1-8H3,(H,37,41);8-11,13-16,20-21,30,38,40H,18-19,22H2,1-7H3,(H,35,39). The van der Waals surface area contributed by atoms with Crippen molar-refractivity contribution >= 4 is 34.6 Å². The summed E-state index contributed by atoms with van der Waals surface area (Å²) in [6.45, 7) is 22.5. The summed E-state index contributed by atoms with van der Waals surface area (Å²) in [7, 11) is 12.5. The molecule has 0 bridgehead atoms. The largest absolute Gasteiger partial charge is 0.378 e. The number of hydrogen-bond acceptors (Lipinski definition) is 9. The topological polar surface area (TPSA) is 132 Å². The van der Waals surface area contributed by atoms with Gasteiger partial charge in [-0.15, -0.1) is 0 Å². The lowest BCUT2D eigenvalue weighted by atomic mass is 9.62. The molecule has 6 aromatic rings. The first kappa shape index (κ1) is 61.1. The van der Waals surface area contributed by atoms with Gasteiger partial charge >= 0.3 is 0 Å². The molecule has 0 saturated carbocycles. The average molecular weight is 1090 g/mol. The summed E-state index contributed by atoms with van der Waals surface area (Å²) < 4.78 is 0. The molecule has 0 saturated heterocycles. The van der Waals surface area contributed by atoms with Crippen LogP contribution in [0.25, 0.3) is 0 Å². The number of nitrogens with zero attached hydrogens (tertiary/aromatic N) is 4. The molecule has 0 heterocycles. The minimum absolute atomic E-state index is 0.000987. The van der Waals surface area contributed by atoms with Crippen molar-refractivity contribution in [2.45, 2.75) is 135 Å². The van der Waals surface area contributed by atoms with Gasteiger partial charge < -0.3 is 35.1 Å². The molecular formula is C70H86N6O5. The van der Waals surface area contributed by atoms with Crippen molar-refractivity contribution in [1.29, 1.82) is 0 Å². The smallest absolute Gasteiger partial charge is 0.274 e. The van der Waals surface area contributed by atoms with E-state index in [9.17, 15) is 19.8 Å². The van der Waals surface area contributed by atoms with Crippen LogP contribution in [0.15, 0.2) is 121 Å². The van der Waals surface area contributed by atoms with Crippen molar-refractivity contribution in [3.63, 3.8) is 0 Å². The third-order valence-electron chi connectivity index (χ3n) is 16.5. The number of anilines is 4. The molecule has 11 nitrogen and oxygen atoms in total. The molecule has 0 aliphatic heterocycles. The summed E-state index contributed by atoms with van der Waals surface area (Å²) in [6.07, 6.45) is 2.46. The molecule has 2 aliphatic rings. The first-order valence-corrected chi connectivity index (χ1v) is 28.3. The average Bonchev–Trinajstić information content (AvgIpc) is 2.42. The Morgan fingerprint density at radius 3 is 1.19 bits per heavy atom. The van der Waals surface area contributed by atoms with Gasteiger partial charge in [0.05, 0.1) is 0 Å². The van der Waals surface area contributed by atoms with Gasteiger partial charge in [-0.3, -0.25) is 14.8 Å². The molecule has 2 atom stereocenters. The molecule has 0 radical (unpaired) electrons. The highest BCUT2D eigenvalue weighted by molar-refractivity contribution is 5.94. The highest BCUT2D eigenvalue weighted by atomic mass is 16.5. The molecule has 426 valence electrons. The number of aliphatic hydroxyl groups is 2. The fourth-order valence-corrected chi connectivity index (χ4v) is 11.2. The molecule has 2 aliphatic carbocycles. The van der Waals surface area contributed by atoms with Crippen molar-refractivity contribution in [3.05, 3.63) is 188 Å². The summed E-state index contributed by atoms with van der Waals surface area (Å²) in [5.74, 6) is 11.5. The number of carbonyl (C=O) groups excluding carboxylic acids is 2. The Hall–Kier alpha value is -7.54. The Morgan fingerprint density at radius 2 is 0.852 bits per heavy atom. The second-order valence-corrected chi connectivity index (χ2v) is 25.1. The molecule has 5 N–H and O–H groups in total. The molecule has 8 rings (SSSR count). The Labute approximate surface area is 483 Å². The first-order chi connectivity index (χ1) is 38.1. The normalized spacial score (nSPS) is 15.7. The molecule has 81 heavy (non-hydrogen) atoms. The summed E-state index contributed by atoms with van der Waals surface area (Å²) in [6, 6.07) is 39.6. The van der Waals surface area contributed by atoms with E-state index in [0.717, 1.165) is 66.8 Å². The van der Waals surface area contributed by atoms with E-state index >= 15 is 0 Å². The fourth-order valence-electron chi connectivity index (χ4n) is 11.2. The highest BCUT2D eigenvalue weighted by Gasteiger charge is 2.41. The van der Waals surface area contributed by atoms with Crippen LogP contribution in [-0.4, -0.2) is 76.1 Å². The van der Waals surface area contributed by atoms with E-state index in [1.54, 1.807) is 41.9 Å². The van der Waals surface area contributed by atoms with E-state index in [1.165, 1.54) is 44.8 Å². The molecule has 2 amide bonds. The Kier molecular flexibility index (Phi) is 18.9. The number of fused-ring (bicyclic) bond motifs is 2. The number of carbonyl (C=O) groups is 2. The van der Waals surface area contributed by atoms with Crippen molar-refractivity contribution in [3.8, 4) is 23.7 Å². The summed E-state index contributed by atoms with van der Waals surface area (Å²) in [4.78, 5) is 32.5. The van der Waals surface area contributed by atoms with Crippen LogP contribution in [0.4, 0.5) is 22.7 Å². The lowest BCUT2D eigenvalue weighted by molar-refractivity contribution is 0.0706. The monoisotopic (exact) mass is 1090 g/mol. The number of rotatable bonds is 13. The van der Waals surface area contributed by atoms with Gasteiger partial charge in [0.15, 0.2) is 0 Å². The second kappa shape index (κ2) is 25.1. The number of nitrogens with one attached hydrogen (secondary N) is 2. The van der Waals surface area contributed by atoms with E-state index in [2.05, 4.69) is 205 Å². The zero-order chi connectivity index (χ0) is 59.2. The maximum absolute atomic E-state index is 12.1. The van der Waals surface area contributed by atoms with Gasteiger partial charge in [-0.2, -0.15) is 0 Å². The highest BCUT2D eigenvalue weighted by Crippen LogP contribution is 2.52. The number of hydroxylamine groups is 1. The Bertz CT molecular complexity index is 3320. The van der Waals surface area contributed by atoms with E-state index in [4.69, 9.17) is 5.21 Å². The molecule has 11 heteroatoms. The Morgan fingerprint density at radius 1 is 0.506 bits per heavy atom. The van der Waals surface area contributed by atoms with Crippen molar-refractivity contribution < 1.29 is 25.0 Å². The van der Waals surface area contributed by atoms with Crippen molar-refractivity contribution in [1.82, 2.24) is 10.8 Å². The van der Waals surface area contributed by atoms with Gasteiger partial charge in [0, 0.05) is 107 Å². The number of amides is 2. The van der Waals surface area contributed by atoms with Gasteiger partial charge in [-0.1, -0.05) is 115 Å². The van der Waals surface area contributed by atoms with Gasteiger partial charge in [0.25, 0.3) is 11.8 Å². The zero-order valence-corrected chi connectivity index (χ0v) is 50.6. The van der Waals surface area contributed by atoms with E-state index in [1.807, 2.05) is 33.2 Å². The molecule has 0 fully saturated rings. The fraction of sp³-hybridized carbons (Fsp3) is 0.400. The van der Waals surface area contributed by atoms with Crippen LogP contribution in [0, 0.1) is 23.7 Å². The van der Waals surface area contributed by atoms with Gasteiger partial charge in [-0.05, 0) is 184 Å². The van der Waals surface area contributed by atoms with E-state index < -0.39 is 18.1 Å². The SMILES string of the molecule is CCNC(=O)c1ccc(C#CC(O)c2cc(N(C)Cc3ccc(N(C)C)cc3)c3c(c2)C(C)(C)CCC3(C)C)cc1.CN(C)c1ccc(CN(C)c2cc(C(O)C#Cc3ccc(C(=O)NO)cc3)cc3c2C(C)(C)CCC3(C)C)cc1. The van der Waals surface area contributed by atoms with Crippen molar-refractivity contribution in [2.24, 2.45) is 0 Å². The lowest BCUT2D eigenvalue weighted by Crippen LogP contribution is -2.36. The molecule has 2 unspecified atom stereocenters. The van der Waals surface area contributed by atoms with E-state index in [-0.39, 0.29) is 27.6 Å². The molecule has 6 aromatic carbocycles. The minimum atomic E-state index is -0.974. The lowest BCUT2D eigenvalue weighted by Gasteiger charge is -2.44. The molecular weight excluding hydrogens is 1000 g/mol. The third kappa shape index (κ3) is 14.5. The number of benzene rings is 6. The van der Waals surface area contributed by atoms with Crippen molar-refractivity contribution in [2.75, 3.05) is 68.4 Å². The van der Waals surface area contributed by atoms with Crippen LogP contribution in [0.2, 0.25) is 0 Å². The van der Waals surface area contributed by atoms with Gasteiger partial charge in [0.1, 0.15) is 12.2 Å². The van der Waals surface area contributed by atoms with Crippen LogP contribution in [0.5, 0.6) is 0 Å². The van der Waals surface area contributed by atoms with Crippen LogP contribution in [0.1, 0.15) is 177 Å². The predicted octanol–water partition coefficient (Wildman–Crippen LogP) is 12.5. The second-order valence-electron chi connectivity index (χ2n) is 25.1. The quantitative estimate of drug-likeness (QED) is 0.0436. The number of aliphatic hydroxyl groups excluding tert-OH is 2. The Balaban J connectivity index is 0.000000234. The van der Waals surface area contributed by atoms with E-state index in [0.29, 0.717) is 23.2 Å². The minimum Gasteiger partial charge on any atom is -0.378 e. The molecule has 0 spiro atoms. The van der Waals surface area contributed by atoms with Crippen LogP contribution >= 0.6 is 0 Å². The first-order valence-electron chi connectivity index (χ1n) is 28.3. The van der Waals surface area contributed by atoms with Crippen LogP contribution < -0.4 is 30.4 Å². The van der Waals surface area contributed by atoms with Gasteiger partial charge in [0.2, 0.25) is 0 Å².